The minimum atomic E-state index is -0.505. The predicted molar refractivity (Wildman–Crippen MR) is 136 cm³/mol. The van der Waals surface area contributed by atoms with Gasteiger partial charge in [0.2, 0.25) is 0 Å². The minimum absolute atomic E-state index is 0.00282. The molecule has 1 unspecified atom stereocenters. The van der Waals surface area contributed by atoms with Crippen LogP contribution in [-0.4, -0.2) is 55.2 Å². The van der Waals surface area contributed by atoms with E-state index < -0.39 is 11.7 Å². The summed E-state index contributed by atoms with van der Waals surface area (Å²) in [5.41, 5.74) is 4.28. The van der Waals surface area contributed by atoms with Gasteiger partial charge in [-0.15, -0.1) is 0 Å². The quantitative estimate of drug-likeness (QED) is 0.577. The Morgan fingerprint density at radius 2 is 1.64 bits per heavy atom. The van der Waals surface area contributed by atoms with Crippen LogP contribution in [0.15, 0.2) is 48.5 Å². The lowest BCUT2D eigenvalue weighted by Crippen LogP contribution is -2.65. The summed E-state index contributed by atoms with van der Waals surface area (Å²) in [6, 6.07) is 16.4. The maximum Gasteiger partial charge on any atom is 0.410 e. The van der Waals surface area contributed by atoms with E-state index >= 15 is 0 Å². The van der Waals surface area contributed by atoms with Crippen molar-refractivity contribution in [3.8, 4) is 11.1 Å². The second-order valence-electron chi connectivity index (χ2n) is 11.5. The van der Waals surface area contributed by atoms with Gasteiger partial charge in [-0.25, -0.2) is 9.59 Å². The highest BCUT2D eigenvalue weighted by molar-refractivity contribution is 5.79. The van der Waals surface area contributed by atoms with Crippen molar-refractivity contribution in [2.24, 2.45) is 17.3 Å². The molecule has 190 valence electrons. The third-order valence-electron chi connectivity index (χ3n) is 7.70. The van der Waals surface area contributed by atoms with Gasteiger partial charge in [-0.1, -0.05) is 48.5 Å². The average molecular weight is 491 g/mol. The third-order valence-corrected chi connectivity index (χ3v) is 7.70. The molecule has 2 aromatic rings. The van der Waals surface area contributed by atoms with Crippen molar-refractivity contribution in [1.82, 2.24) is 10.2 Å². The highest BCUT2D eigenvalue weighted by Gasteiger charge is 2.55. The molecule has 2 amide bonds. The van der Waals surface area contributed by atoms with Gasteiger partial charge in [0.05, 0.1) is 0 Å². The van der Waals surface area contributed by atoms with E-state index in [1.807, 2.05) is 45.0 Å². The summed E-state index contributed by atoms with van der Waals surface area (Å²) < 4.78 is 11.0. The van der Waals surface area contributed by atoms with E-state index in [9.17, 15) is 14.4 Å². The number of carbonyl (C=O) groups excluding carboxylic acids is 3. The van der Waals surface area contributed by atoms with Crippen LogP contribution in [0.3, 0.4) is 0 Å². The molecule has 36 heavy (non-hydrogen) atoms. The number of benzene rings is 2. The van der Waals surface area contributed by atoms with Gasteiger partial charge in [0.25, 0.3) is 0 Å². The number of amides is 2. The van der Waals surface area contributed by atoms with Crippen LogP contribution in [0.25, 0.3) is 11.1 Å². The largest absolute Gasteiger partial charge is 0.449 e. The number of nitrogens with zero attached hydrogens (tertiary/aromatic N) is 1. The molecule has 2 aromatic carbocycles. The molecule has 2 aliphatic carbocycles. The molecule has 1 saturated heterocycles. The van der Waals surface area contributed by atoms with Gasteiger partial charge < -0.3 is 24.5 Å². The molecule has 1 heterocycles. The maximum absolute atomic E-state index is 12.5. The lowest BCUT2D eigenvalue weighted by atomic mass is 9.55. The van der Waals surface area contributed by atoms with Gasteiger partial charge >= 0.3 is 12.2 Å². The number of nitrogens with one attached hydrogen (secondary N) is 1. The first-order valence-electron chi connectivity index (χ1n) is 12.7. The van der Waals surface area contributed by atoms with Crippen LogP contribution >= 0.6 is 0 Å². The fourth-order valence-corrected chi connectivity index (χ4v) is 6.01. The molecule has 1 N–H and O–H groups in total. The summed E-state index contributed by atoms with van der Waals surface area (Å²) >= 11 is 0. The predicted octanol–water partition coefficient (Wildman–Crippen LogP) is 4.99. The Balaban J connectivity index is 1.08. The Bertz CT molecular complexity index is 1110. The Hall–Kier alpha value is -3.35. The third kappa shape index (κ3) is 4.71. The molecule has 0 radical (unpaired) electrons. The van der Waals surface area contributed by atoms with E-state index in [4.69, 9.17) is 9.47 Å². The van der Waals surface area contributed by atoms with Crippen molar-refractivity contribution in [3.63, 3.8) is 0 Å². The van der Waals surface area contributed by atoms with Crippen molar-refractivity contribution in [3.05, 3.63) is 59.7 Å². The average Bonchev–Trinajstić information content (AvgIpc) is 3.10. The van der Waals surface area contributed by atoms with Crippen LogP contribution < -0.4 is 5.32 Å². The molecule has 0 bridgehead atoms. The second-order valence-corrected chi connectivity index (χ2v) is 11.5. The highest BCUT2D eigenvalue weighted by atomic mass is 16.6. The summed E-state index contributed by atoms with van der Waals surface area (Å²) in [5.74, 6) is -0.0492. The standard InChI is InChI=1S/C29H34N2O5/c1-28(2,3)36-27(34)31-17-29(18-31)12-19(13-29)20(15-32)14-30-26(33)35-16-25-23-10-6-4-8-21(23)22-9-5-7-11-24(22)25/h4-11,15,19-20,25H,12-14,16-18H2,1-3H3,(H,30,33). The van der Waals surface area contributed by atoms with Gasteiger partial charge in [-0.2, -0.15) is 0 Å². The Morgan fingerprint density at radius 1 is 1.06 bits per heavy atom. The van der Waals surface area contributed by atoms with Crippen molar-refractivity contribution < 1.29 is 23.9 Å². The first-order valence-corrected chi connectivity index (χ1v) is 12.7. The van der Waals surface area contributed by atoms with Crippen LogP contribution in [0.5, 0.6) is 0 Å². The van der Waals surface area contributed by atoms with E-state index in [1.54, 1.807) is 4.90 Å². The fraction of sp³-hybridized carbons (Fsp3) is 0.483. The molecule has 0 aromatic heterocycles. The number of alkyl carbamates (subject to hydrolysis) is 1. The van der Waals surface area contributed by atoms with Crippen LogP contribution in [0.1, 0.15) is 50.7 Å². The topological polar surface area (TPSA) is 84.9 Å². The Morgan fingerprint density at radius 3 is 2.19 bits per heavy atom. The Labute approximate surface area is 212 Å². The summed E-state index contributed by atoms with van der Waals surface area (Å²) in [5, 5.41) is 2.79. The SMILES string of the molecule is CC(C)(C)OC(=O)N1CC2(CC(C(C=O)CNC(=O)OCC3c4ccccc4-c4ccccc43)C2)C1. The lowest BCUT2D eigenvalue weighted by Gasteiger charge is -2.59. The van der Waals surface area contributed by atoms with Gasteiger partial charge in [0.1, 0.15) is 18.5 Å². The molecule has 1 spiro atoms. The van der Waals surface area contributed by atoms with E-state index in [2.05, 4.69) is 29.6 Å². The molecular formula is C29H34N2O5. The van der Waals surface area contributed by atoms with Crippen LogP contribution in [-0.2, 0) is 14.3 Å². The van der Waals surface area contributed by atoms with E-state index in [1.165, 1.54) is 11.1 Å². The zero-order chi connectivity index (χ0) is 25.5. The van der Waals surface area contributed by atoms with E-state index in [0.717, 1.165) is 30.3 Å². The smallest absolute Gasteiger partial charge is 0.410 e. The molecule has 1 atom stereocenters. The van der Waals surface area contributed by atoms with Gasteiger partial charge in [0.15, 0.2) is 0 Å². The monoisotopic (exact) mass is 490 g/mol. The molecule has 1 aliphatic heterocycles. The Kier molecular flexibility index (Phi) is 6.27. The molecular weight excluding hydrogens is 456 g/mol. The number of fused-ring (bicyclic) bond motifs is 3. The van der Waals surface area contributed by atoms with E-state index in [-0.39, 0.29) is 42.4 Å². The summed E-state index contributed by atoms with van der Waals surface area (Å²) in [7, 11) is 0. The number of aldehydes is 1. The zero-order valence-electron chi connectivity index (χ0n) is 21.2. The molecule has 5 rings (SSSR count). The van der Waals surface area contributed by atoms with Gasteiger partial charge in [0, 0.05) is 36.9 Å². The molecule has 1 saturated carbocycles. The molecule has 7 heteroatoms. The lowest BCUT2D eigenvalue weighted by molar-refractivity contribution is -0.127. The first-order chi connectivity index (χ1) is 17.2. The van der Waals surface area contributed by atoms with Crippen molar-refractivity contribution in [1.29, 1.82) is 0 Å². The fourth-order valence-electron chi connectivity index (χ4n) is 6.01. The van der Waals surface area contributed by atoms with Crippen molar-refractivity contribution in [2.75, 3.05) is 26.2 Å². The summed E-state index contributed by atoms with van der Waals surface area (Å²) in [4.78, 5) is 38.2. The summed E-state index contributed by atoms with van der Waals surface area (Å²) in [6.07, 6.45) is 1.91. The van der Waals surface area contributed by atoms with Crippen molar-refractivity contribution >= 4 is 18.5 Å². The zero-order valence-corrected chi connectivity index (χ0v) is 21.2. The van der Waals surface area contributed by atoms with Crippen LogP contribution in [0, 0.1) is 17.3 Å². The van der Waals surface area contributed by atoms with E-state index in [0.29, 0.717) is 13.1 Å². The first kappa shape index (κ1) is 24.3. The number of likely N-dealkylation sites (tertiary alicyclic amines) is 1. The van der Waals surface area contributed by atoms with Gasteiger partial charge in [-0.05, 0) is 61.8 Å². The molecule has 7 nitrogen and oxygen atoms in total. The second kappa shape index (κ2) is 9.26. The molecule has 2 fully saturated rings. The summed E-state index contributed by atoms with van der Waals surface area (Å²) in [6.45, 7) is 7.43. The van der Waals surface area contributed by atoms with Crippen LogP contribution in [0.2, 0.25) is 0 Å². The minimum Gasteiger partial charge on any atom is -0.449 e. The van der Waals surface area contributed by atoms with Crippen molar-refractivity contribution in [2.45, 2.75) is 45.1 Å². The molecule has 3 aliphatic rings. The highest BCUT2D eigenvalue weighted by Crippen LogP contribution is 2.54. The number of carbonyl (C=O) groups is 3. The van der Waals surface area contributed by atoms with Crippen LogP contribution in [0.4, 0.5) is 9.59 Å². The van der Waals surface area contributed by atoms with Gasteiger partial charge in [-0.3, -0.25) is 0 Å². The normalized spacial score (nSPS) is 18.9. The number of ether oxygens (including phenoxy) is 2. The number of hydrogen-bond donors (Lipinski definition) is 1. The number of rotatable bonds is 6. The maximum atomic E-state index is 12.5. The number of hydrogen-bond acceptors (Lipinski definition) is 5.